The summed E-state index contributed by atoms with van der Waals surface area (Å²) in [4.78, 5) is 29.0. The molecule has 2 saturated heterocycles. The number of nitrogens with zero attached hydrogens (tertiary/aromatic N) is 2. The maximum Gasteiger partial charge on any atom is 0.410 e. The number of ether oxygens (including phenoxy) is 1. The van der Waals surface area contributed by atoms with Crippen molar-refractivity contribution in [2.24, 2.45) is 5.92 Å². The summed E-state index contributed by atoms with van der Waals surface area (Å²) in [7, 11) is 0. The SMILES string of the molecule is N#Cc1ccccc1-c1ccc(CC(=O)C2CC3CCCC(C2)N3C(=O)OCC2c3ccccc3-c3ccccc32)cc1. The Hall–Kier alpha value is -4.69. The summed E-state index contributed by atoms with van der Waals surface area (Å²) < 4.78 is 6.05. The molecule has 2 heterocycles. The summed E-state index contributed by atoms with van der Waals surface area (Å²) in [5, 5.41) is 9.44. The molecule has 5 nitrogen and oxygen atoms in total. The average molecular weight is 567 g/mol. The zero-order valence-corrected chi connectivity index (χ0v) is 24.1. The number of carbonyl (C=O) groups is 2. The largest absolute Gasteiger partial charge is 0.448 e. The van der Waals surface area contributed by atoms with Crippen molar-refractivity contribution in [1.29, 1.82) is 5.26 Å². The quantitative estimate of drug-likeness (QED) is 0.238. The topological polar surface area (TPSA) is 70.4 Å². The fourth-order valence-corrected chi connectivity index (χ4v) is 7.59. The lowest BCUT2D eigenvalue weighted by molar-refractivity contribution is -0.126. The smallest absolute Gasteiger partial charge is 0.410 e. The number of benzene rings is 4. The van der Waals surface area contributed by atoms with E-state index >= 15 is 0 Å². The molecular weight excluding hydrogens is 532 g/mol. The van der Waals surface area contributed by atoms with Gasteiger partial charge in [0.25, 0.3) is 0 Å². The van der Waals surface area contributed by atoms with E-state index in [9.17, 15) is 14.9 Å². The highest BCUT2D eigenvalue weighted by atomic mass is 16.6. The minimum atomic E-state index is -0.240. The Labute approximate surface area is 252 Å². The second-order valence-corrected chi connectivity index (χ2v) is 12.1. The Morgan fingerprint density at radius 3 is 1.98 bits per heavy atom. The predicted octanol–water partition coefficient (Wildman–Crippen LogP) is 7.92. The first-order valence-electron chi connectivity index (χ1n) is 15.3. The molecule has 4 aromatic carbocycles. The molecule has 2 fully saturated rings. The molecule has 7 rings (SSSR count). The van der Waals surface area contributed by atoms with Gasteiger partial charge in [0.15, 0.2) is 0 Å². The molecule has 2 atom stereocenters. The molecule has 1 aliphatic carbocycles. The molecule has 0 saturated carbocycles. The zero-order chi connectivity index (χ0) is 29.3. The van der Waals surface area contributed by atoms with Crippen LogP contribution in [0.5, 0.6) is 0 Å². The highest BCUT2D eigenvalue weighted by Crippen LogP contribution is 2.45. The van der Waals surface area contributed by atoms with Crippen LogP contribution in [0.3, 0.4) is 0 Å². The van der Waals surface area contributed by atoms with Gasteiger partial charge >= 0.3 is 6.09 Å². The van der Waals surface area contributed by atoms with Crippen LogP contribution in [0, 0.1) is 17.2 Å². The first kappa shape index (κ1) is 27.2. The molecule has 2 unspecified atom stereocenters. The van der Waals surface area contributed by atoms with E-state index in [0.29, 0.717) is 31.4 Å². The Morgan fingerprint density at radius 2 is 1.35 bits per heavy atom. The van der Waals surface area contributed by atoms with Crippen molar-refractivity contribution in [3.63, 3.8) is 0 Å². The number of carbonyl (C=O) groups excluding carboxylic acids is 2. The van der Waals surface area contributed by atoms with Crippen LogP contribution in [0.1, 0.15) is 60.3 Å². The van der Waals surface area contributed by atoms with Gasteiger partial charge in [-0.3, -0.25) is 4.79 Å². The number of hydrogen-bond donors (Lipinski definition) is 0. The first-order chi connectivity index (χ1) is 21.1. The summed E-state index contributed by atoms with van der Waals surface area (Å²) in [6.45, 7) is 0.319. The van der Waals surface area contributed by atoms with Crippen molar-refractivity contribution in [2.75, 3.05) is 6.61 Å². The van der Waals surface area contributed by atoms with Gasteiger partial charge in [-0.05, 0) is 77.1 Å². The number of Topliss-reactive ketones (excluding diaryl/α,β-unsaturated/α-hetero) is 1. The van der Waals surface area contributed by atoms with E-state index in [-0.39, 0.29) is 35.8 Å². The Balaban J connectivity index is 0.997. The zero-order valence-electron chi connectivity index (χ0n) is 24.1. The second kappa shape index (κ2) is 11.5. The number of hydrogen-bond acceptors (Lipinski definition) is 4. The minimum Gasteiger partial charge on any atom is -0.448 e. The predicted molar refractivity (Wildman–Crippen MR) is 166 cm³/mol. The van der Waals surface area contributed by atoms with Crippen molar-refractivity contribution < 1.29 is 14.3 Å². The van der Waals surface area contributed by atoms with Gasteiger partial charge < -0.3 is 9.64 Å². The van der Waals surface area contributed by atoms with Gasteiger partial charge in [-0.15, -0.1) is 0 Å². The molecule has 0 N–H and O–H groups in total. The van der Waals surface area contributed by atoms with Crippen molar-refractivity contribution >= 4 is 11.9 Å². The number of amides is 1. The summed E-state index contributed by atoms with van der Waals surface area (Å²) in [6, 6.07) is 34.6. The lowest BCUT2D eigenvalue weighted by Crippen LogP contribution is -2.56. The fraction of sp³-hybridized carbons (Fsp3) is 0.289. The van der Waals surface area contributed by atoms with Crippen LogP contribution in [-0.2, 0) is 16.0 Å². The monoisotopic (exact) mass is 566 g/mol. The molecule has 0 aromatic heterocycles. The lowest BCUT2D eigenvalue weighted by atomic mass is 9.76. The van der Waals surface area contributed by atoms with Crippen LogP contribution in [0.15, 0.2) is 97.1 Å². The summed E-state index contributed by atoms with van der Waals surface area (Å²) in [5.74, 6) is 0.233. The molecule has 0 radical (unpaired) electrons. The van der Waals surface area contributed by atoms with Crippen molar-refractivity contribution in [3.8, 4) is 28.3 Å². The van der Waals surface area contributed by atoms with Crippen LogP contribution in [-0.4, -0.2) is 35.5 Å². The molecule has 2 bridgehead atoms. The van der Waals surface area contributed by atoms with E-state index in [4.69, 9.17) is 4.74 Å². The standard InChI is InChI=1S/C38H34N2O3/c39-23-27-8-1-2-11-31(27)26-18-16-25(17-19-26)20-37(41)28-21-29-9-7-10-30(22-28)40(29)38(42)43-24-36-34-14-5-3-12-32(34)33-13-4-6-15-35(33)36/h1-6,8,11-19,28-30,36H,7,9-10,20-22,24H2. The maximum atomic E-state index is 13.6. The molecule has 43 heavy (non-hydrogen) atoms. The first-order valence-corrected chi connectivity index (χ1v) is 15.3. The van der Waals surface area contributed by atoms with Crippen LogP contribution in [0.4, 0.5) is 4.79 Å². The van der Waals surface area contributed by atoms with Crippen molar-refractivity contribution in [3.05, 3.63) is 119 Å². The summed E-state index contributed by atoms with van der Waals surface area (Å²) in [5.41, 5.74) is 8.35. The Kier molecular flexibility index (Phi) is 7.28. The van der Waals surface area contributed by atoms with Gasteiger partial charge in [-0.2, -0.15) is 5.26 Å². The molecule has 3 aliphatic rings. The van der Waals surface area contributed by atoms with E-state index in [0.717, 1.165) is 36.0 Å². The van der Waals surface area contributed by atoms with Crippen LogP contribution < -0.4 is 0 Å². The molecule has 4 aromatic rings. The molecule has 5 heteroatoms. The number of nitriles is 1. The number of rotatable bonds is 6. The number of piperidine rings is 2. The molecule has 0 spiro atoms. The Bertz CT molecular complexity index is 1660. The Morgan fingerprint density at radius 1 is 0.767 bits per heavy atom. The molecule has 214 valence electrons. The molecule has 2 aliphatic heterocycles. The second-order valence-electron chi connectivity index (χ2n) is 12.1. The van der Waals surface area contributed by atoms with E-state index in [1.54, 1.807) is 0 Å². The highest BCUT2D eigenvalue weighted by Gasteiger charge is 2.44. The van der Waals surface area contributed by atoms with Gasteiger partial charge in [0.05, 0.1) is 11.6 Å². The fourth-order valence-electron chi connectivity index (χ4n) is 7.59. The third kappa shape index (κ3) is 5.12. The maximum absolute atomic E-state index is 13.6. The lowest BCUT2D eigenvalue weighted by Gasteiger charge is -2.47. The van der Waals surface area contributed by atoms with Crippen molar-refractivity contribution in [2.45, 2.75) is 56.5 Å². The summed E-state index contributed by atoms with van der Waals surface area (Å²) >= 11 is 0. The van der Waals surface area contributed by atoms with Gasteiger partial charge in [0.1, 0.15) is 12.4 Å². The average Bonchev–Trinajstić information content (AvgIpc) is 3.37. The third-order valence-electron chi connectivity index (χ3n) is 9.67. The summed E-state index contributed by atoms with van der Waals surface area (Å²) in [6.07, 6.45) is 4.45. The van der Waals surface area contributed by atoms with Gasteiger partial charge in [0.2, 0.25) is 0 Å². The van der Waals surface area contributed by atoms with Crippen LogP contribution >= 0.6 is 0 Å². The van der Waals surface area contributed by atoms with Crippen molar-refractivity contribution in [1.82, 2.24) is 4.90 Å². The molecular formula is C38H34N2O3. The number of ketones is 1. The van der Waals surface area contributed by atoms with E-state index in [1.807, 2.05) is 65.6 Å². The van der Waals surface area contributed by atoms with E-state index in [1.165, 1.54) is 22.3 Å². The third-order valence-corrected chi connectivity index (χ3v) is 9.67. The minimum absolute atomic E-state index is 0.0371. The van der Waals surface area contributed by atoms with E-state index in [2.05, 4.69) is 42.5 Å². The normalized spacial score (nSPS) is 20.5. The van der Waals surface area contributed by atoms with Gasteiger partial charge in [-0.25, -0.2) is 4.79 Å². The molecule has 1 amide bonds. The van der Waals surface area contributed by atoms with Gasteiger partial charge in [0, 0.05) is 30.3 Å². The van der Waals surface area contributed by atoms with Crippen LogP contribution in [0.25, 0.3) is 22.3 Å². The number of fused-ring (bicyclic) bond motifs is 5. The van der Waals surface area contributed by atoms with Crippen LogP contribution in [0.2, 0.25) is 0 Å². The van der Waals surface area contributed by atoms with E-state index < -0.39 is 0 Å². The van der Waals surface area contributed by atoms with Gasteiger partial charge in [-0.1, -0.05) is 91.0 Å². The highest BCUT2D eigenvalue weighted by molar-refractivity contribution is 5.84.